The summed E-state index contributed by atoms with van der Waals surface area (Å²) in [5.41, 5.74) is 5.95. The quantitative estimate of drug-likeness (QED) is 0.486. The van der Waals surface area contributed by atoms with Crippen molar-refractivity contribution >= 4 is 9.28 Å². The molecule has 2 N–H and O–H groups in total. The maximum atomic E-state index is 5.40. The summed E-state index contributed by atoms with van der Waals surface area (Å²) < 4.78 is 10.5. The molecule has 12 heavy (non-hydrogen) atoms. The molecule has 0 saturated carbocycles. The molecular weight excluding hydrogens is 170 g/mol. The van der Waals surface area contributed by atoms with Crippen LogP contribution in [0, 0.1) is 0 Å². The SMILES string of the molecule is CO[Si](OC)C(C)CCCCN. The van der Waals surface area contributed by atoms with E-state index in [4.69, 9.17) is 14.6 Å². The predicted molar refractivity (Wildman–Crippen MR) is 52.1 cm³/mol. The van der Waals surface area contributed by atoms with Crippen LogP contribution in [0.5, 0.6) is 0 Å². The number of hydrogen-bond donors (Lipinski definition) is 1. The molecule has 0 aliphatic heterocycles. The molecule has 0 saturated heterocycles. The lowest BCUT2D eigenvalue weighted by Gasteiger charge is -2.16. The first-order chi connectivity index (χ1) is 5.76. The van der Waals surface area contributed by atoms with Gasteiger partial charge in [0, 0.05) is 19.8 Å². The van der Waals surface area contributed by atoms with E-state index in [1.165, 1.54) is 6.42 Å². The zero-order valence-corrected chi connectivity index (χ0v) is 9.30. The fraction of sp³-hybridized carbons (Fsp3) is 1.00. The molecule has 1 unspecified atom stereocenters. The second-order valence-electron chi connectivity index (χ2n) is 2.91. The maximum Gasteiger partial charge on any atom is 0.387 e. The van der Waals surface area contributed by atoms with E-state index in [0.717, 1.165) is 19.4 Å². The van der Waals surface area contributed by atoms with E-state index >= 15 is 0 Å². The fourth-order valence-corrected chi connectivity index (χ4v) is 2.61. The number of unbranched alkanes of at least 4 members (excludes halogenated alkanes) is 1. The monoisotopic (exact) mass is 190 g/mol. The summed E-state index contributed by atoms with van der Waals surface area (Å²) in [7, 11) is 2.42. The Morgan fingerprint density at radius 3 is 2.25 bits per heavy atom. The topological polar surface area (TPSA) is 44.5 Å². The normalized spacial score (nSPS) is 13.8. The van der Waals surface area contributed by atoms with Crippen LogP contribution in [0.4, 0.5) is 0 Å². The van der Waals surface area contributed by atoms with Crippen molar-refractivity contribution in [3.63, 3.8) is 0 Å². The van der Waals surface area contributed by atoms with Crippen LogP contribution in [0.25, 0.3) is 0 Å². The second kappa shape index (κ2) is 7.73. The molecular formula is C8H20NO2Si. The van der Waals surface area contributed by atoms with Gasteiger partial charge in [0.05, 0.1) is 0 Å². The minimum Gasteiger partial charge on any atom is -0.397 e. The highest BCUT2D eigenvalue weighted by Gasteiger charge is 2.20. The lowest BCUT2D eigenvalue weighted by atomic mass is 10.2. The third-order valence-electron chi connectivity index (χ3n) is 1.90. The van der Waals surface area contributed by atoms with E-state index in [2.05, 4.69) is 6.92 Å². The van der Waals surface area contributed by atoms with Crippen LogP contribution in [0.15, 0.2) is 0 Å². The van der Waals surface area contributed by atoms with Crippen molar-refractivity contribution in [3.8, 4) is 0 Å². The summed E-state index contributed by atoms with van der Waals surface area (Å²) in [6.45, 7) is 2.96. The van der Waals surface area contributed by atoms with Gasteiger partial charge in [0.25, 0.3) is 0 Å². The van der Waals surface area contributed by atoms with Gasteiger partial charge in [-0.25, -0.2) is 0 Å². The highest BCUT2D eigenvalue weighted by Crippen LogP contribution is 2.17. The van der Waals surface area contributed by atoms with E-state index in [1.54, 1.807) is 14.2 Å². The Kier molecular flexibility index (Phi) is 7.79. The molecule has 0 rings (SSSR count). The summed E-state index contributed by atoms with van der Waals surface area (Å²) >= 11 is 0. The summed E-state index contributed by atoms with van der Waals surface area (Å²) in [5.74, 6) is 0. The largest absolute Gasteiger partial charge is 0.397 e. The predicted octanol–water partition coefficient (Wildman–Crippen LogP) is 1.29. The van der Waals surface area contributed by atoms with E-state index in [9.17, 15) is 0 Å². The summed E-state index contributed by atoms with van der Waals surface area (Å²) in [4.78, 5) is 0. The first kappa shape index (κ1) is 12.1. The summed E-state index contributed by atoms with van der Waals surface area (Å²) in [6.07, 6.45) is 3.44. The van der Waals surface area contributed by atoms with Crippen LogP contribution in [0.2, 0.25) is 5.54 Å². The van der Waals surface area contributed by atoms with Gasteiger partial charge in [-0.05, 0) is 19.4 Å². The van der Waals surface area contributed by atoms with Crippen molar-refractivity contribution in [1.82, 2.24) is 0 Å². The third kappa shape index (κ3) is 4.87. The van der Waals surface area contributed by atoms with Crippen molar-refractivity contribution in [3.05, 3.63) is 0 Å². The molecule has 0 aliphatic rings. The first-order valence-corrected chi connectivity index (χ1v) is 5.80. The molecule has 1 atom stereocenters. The highest BCUT2D eigenvalue weighted by molar-refractivity contribution is 6.46. The molecule has 0 aromatic heterocycles. The number of rotatable bonds is 7. The minimum atomic E-state index is -1.02. The van der Waals surface area contributed by atoms with Crippen molar-refractivity contribution in [1.29, 1.82) is 0 Å². The highest BCUT2D eigenvalue weighted by atomic mass is 28.3. The molecule has 0 fully saturated rings. The average molecular weight is 190 g/mol. The smallest absolute Gasteiger partial charge is 0.387 e. The van der Waals surface area contributed by atoms with E-state index in [0.29, 0.717) is 5.54 Å². The number of hydrogen-bond acceptors (Lipinski definition) is 3. The van der Waals surface area contributed by atoms with Gasteiger partial charge in [-0.2, -0.15) is 0 Å². The van der Waals surface area contributed by atoms with Gasteiger partial charge in [0.15, 0.2) is 0 Å². The zero-order valence-electron chi connectivity index (χ0n) is 8.30. The zero-order chi connectivity index (χ0) is 9.40. The molecule has 0 spiro atoms. The van der Waals surface area contributed by atoms with Crippen molar-refractivity contribution in [2.24, 2.45) is 5.73 Å². The van der Waals surface area contributed by atoms with Gasteiger partial charge < -0.3 is 14.6 Å². The lowest BCUT2D eigenvalue weighted by Crippen LogP contribution is -2.24. The van der Waals surface area contributed by atoms with Crippen LogP contribution < -0.4 is 5.73 Å². The fourth-order valence-electron chi connectivity index (χ4n) is 1.20. The van der Waals surface area contributed by atoms with Crippen LogP contribution in [0.3, 0.4) is 0 Å². The Hall–Kier alpha value is 0.0969. The standard InChI is InChI=1S/C8H20NO2Si/c1-8(6-4-5-7-9)12(10-2)11-3/h8H,4-7,9H2,1-3H3. The Labute approximate surface area is 77.1 Å². The molecule has 0 aromatic carbocycles. The maximum absolute atomic E-state index is 5.40. The average Bonchev–Trinajstić information content (AvgIpc) is 2.07. The minimum absolute atomic E-state index is 0.552. The lowest BCUT2D eigenvalue weighted by molar-refractivity contribution is 0.264. The van der Waals surface area contributed by atoms with Crippen molar-refractivity contribution < 1.29 is 8.85 Å². The molecule has 3 nitrogen and oxygen atoms in total. The van der Waals surface area contributed by atoms with Gasteiger partial charge in [0.2, 0.25) is 0 Å². The molecule has 0 aliphatic carbocycles. The van der Waals surface area contributed by atoms with E-state index in [-0.39, 0.29) is 0 Å². The molecule has 4 heteroatoms. The Bertz CT molecular complexity index is 99.1. The van der Waals surface area contributed by atoms with Crippen LogP contribution >= 0.6 is 0 Å². The van der Waals surface area contributed by atoms with Crippen LogP contribution in [-0.2, 0) is 8.85 Å². The Morgan fingerprint density at radius 1 is 1.25 bits per heavy atom. The van der Waals surface area contributed by atoms with Crippen molar-refractivity contribution in [2.45, 2.75) is 31.7 Å². The van der Waals surface area contributed by atoms with Gasteiger partial charge in [-0.3, -0.25) is 0 Å². The first-order valence-electron chi connectivity index (χ1n) is 4.41. The number of nitrogens with two attached hydrogens (primary N) is 1. The van der Waals surface area contributed by atoms with Gasteiger partial charge >= 0.3 is 9.28 Å². The Balaban J connectivity index is 3.47. The van der Waals surface area contributed by atoms with Gasteiger partial charge in [-0.1, -0.05) is 13.3 Å². The van der Waals surface area contributed by atoms with Crippen LogP contribution in [0.1, 0.15) is 26.2 Å². The van der Waals surface area contributed by atoms with E-state index < -0.39 is 9.28 Å². The summed E-state index contributed by atoms with van der Waals surface area (Å²) in [5, 5.41) is 0. The molecule has 0 amide bonds. The molecule has 0 bridgehead atoms. The van der Waals surface area contributed by atoms with Crippen molar-refractivity contribution in [2.75, 3.05) is 20.8 Å². The Morgan fingerprint density at radius 2 is 1.83 bits per heavy atom. The van der Waals surface area contributed by atoms with Crippen LogP contribution in [-0.4, -0.2) is 30.0 Å². The second-order valence-corrected chi connectivity index (χ2v) is 5.35. The molecule has 73 valence electrons. The molecule has 1 radical (unpaired) electrons. The third-order valence-corrected chi connectivity index (χ3v) is 3.79. The van der Waals surface area contributed by atoms with Gasteiger partial charge in [-0.15, -0.1) is 0 Å². The summed E-state index contributed by atoms with van der Waals surface area (Å²) in [6, 6.07) is 0. The van der Waals surface area contributed by atoms with E-state index in [1.807, 2.05) is 0 Å². The molecule has 0 aromatic rings. The van der Waals surface area contributed by atoms with Gasteiger partial charge in [0.1, 0.15) is 0 Å². The molecule has 0 heterocycles.